The van der Waals surface area contributed by atoms with Gasteiger partial charge in [0.2, 0.25) is 10.0 Å². The molecule has 0 fully saturated rings. The number of sulfonamides is 1. The number of amides is 1. The first-order valence-corrected chi connectivity index (χ1v) is 12.5. The van der Waals surface area contributed by atoms with Crippen LogP contribution in [0, 0.1) is 13.8 Å². The Hall–Kier alpha value is -2.97. The van der Waals surface area contributed by atoms with Crippen molar-refractivity contribution in [3.05, 3.63) is 99.0 Å². The van der Waals surface area contributed by atoms with Crippen LogP contribution in [0.5, 0.6) is 0 Å². The molecular formula is C24H24BrN3O3S. The van der Waals surface area contributed by atoms with Crippen molar-refractivity contribution in [1.82, 2.24) is 5.43 Å². The number of benzene rings is 3. The summed E-state index contributed by atoms with van der Waals surface area (Å²) in [4.78, 5) is 12.4. The summed E-state index contributed by atoms with van der Waals surface area (Å²) in [6.07, 6.45) is 2.75. The molecule has 0 atom stereocenters. The number of nitrogens with one attached hydrogen (secondary N) is 1. The highest BCUT2D eigenvalue weighted by Crippen LogP contribution is 2.23. The van der Waals surface area contributed by atoms with Gasteiger partial charge in [-0.1, -0.05) is 52.3 Å². The van der Waals surface area contributed by atoms with Crippen molar-refractivity contribution in [3.8, 4) is 0 Å². The molecule has 0 aliphatic heterocycles. The van der Waals surface area contributed by atoms with Crippen LogP contribution in [-0.4, -0.2) is 26.8 Å². The summed E-state index contributed by atoms with van der Waals surface area (Å²) in [5, 5.41) is 3.99. The number of hydrogen-bond acceptors (Lipinski definition) is 4. The van der Waals surface area contributed by atoms with Crippen molar-refractivity contribution in [2.75, 3.05) is 10.6 Å². The van der Waals surface area contributed by atoms with E-state index < -0.39 is 10.0 Å². The second-order valence-electron chi connectivity index (χ2n) is 7.46. The van der Waals surface area contributed by atoms with Crippen molar-refractivity contribution in [3.63, 3.8) is 0 Å². The molecule has 0 spiro atoms. The van der Waals surface area contributed by atoms with Gasteiger partial charge in [-0.3, -0.25) is 9.10 Å². The van der Waals surface area contributed by atoms with Crippen LogP contribution in [0.25, 0.3) is 0 Å². The summed E-state index contributed by atoms with van der Waals surface area (Å²) < 4.78 is 27.1. The lowest BCUT2D eigenvalue weighted by Crippen LogP contribution is -2.29. The van der Waals surface area contributed by atoms with Gasteiger partial charge in [-0.2, -0.15) is 5.10 Å². The molecule has 32 heavy (non-hydrogen) atoms. The molecule has 0 aliphatic rings. The predicted molar refractivity (Wildman–Crippen MR) is 133 cm³/mol. The molecule has 0 unspecified atom stereocenters. The lowest BCUT2D eigenvalue weighted by molar-refractivity contribution is 0.0955. The van der Waals surface area contributed by atoms with E-state index in [9.17, 15) is 13.2 Å². The minimum atomic E-state index is -3.48. The third-order valence-electron chi connectivity index (χ3n) is 5.00. The maximum absolute atomic E-state index is 12.4. The average Bonchev–Trinajstić information content (AvgIpc) is 2.75. The van der Waals surface area contributed by atoms with Crippen molar-refractivity contribution < 1.29 is 13.2 Å². The van der Waals surface area contributed by atoms with Gasteiger partial charge < -0.3 is 0 Å². The smallest absolute Gasteiger partial charge is 0.267 e. The Morgan fingerprint density at radius 1 is 1.03 bits per heavy atom. The van der Waals surface area contributed by atoms with Gasteiger partial charge in [0.25, 0.3) is 5.91 Å². The maximum atomic E-state index is 12.4. The molecule has 1 amide bonds. The number of halogens is 1. The first-order valence-electron chi connectivity index (χ1n) is 9.87. The predicted octanol–water partition coefficient (Wildman–Crippen LogP) is 4.80. The van der Waals surface area contributed by atoms with Gasteiger partial charge in [0.1, 0.15) is 0 Å². The highest BCUT2D eigenvalue weighted by Gasteiger charge is 2.18. The van der Waals surface area contributed by atoms with Gasteiger partial charge in [0.15, 0.2) is 0 Å². The molecule has 166 valence electrons. The number of aryl methyl sites for hydroxylation is 2. The molecule has 0 bridgehead atoms. The molecule has 0 saturated carbocycles. The Morgan fingerprint density at radius 3 is 2.34 bits per heavy atom. The molecule has 0 heterocycles. The summed E-state index contributed by atoms with van der Waals surface area (Å²) in [5.74, 6) is -0.353. The largest absolute Gasteiger partial charge is 0.271 e. The summed E-state index contributed by atoms with van der Waals surface area (Å²) >= 11 is 3.42. The fourth-order valence-corrected chi connectivity index (χ4v) is 4.28. The Labute approximate surface area is 197 Å². The standard InChI is InChI=1S/C24H24BrN3O3S/c1-17-8-13-22(14-18(17)2)28(32(3,30)31)16-19-9-11-20(12-10-19)24(29)27-26-15-21-6-4-5-7-23(21)25/h4-15H,16H2,1-3H3,(H,27,29)/b26-15-. The summed E-state index contributed by atoms with van der Waals surface area (Å²) in [6, 6.07) is 19.9. The molecule has 0 aliphatic carbocycles. The van der Waals surface area contributed by atoms with Crippen molar-refractivity contribution in [2.45, 2.75) is 20.4 Å². The first kappa shape index (κ1) is 23.7. The molecule has 0 aromatic heterocycles. The highest BCUT2D eigenvalue weighted by molar-refractivity contribution is 9.10. The minimum Gasteiger partial charge on any atom is -0.267 e. The minimum absolute atomic E-state index is 0.170. The van der Waals surface area contributed by atoms with Crippen LogP contribution in [-0.2, 0) is 16.6 Å². The second kappa shape index (κ2) is 10.1. The zero-order valence-electron chi connectivity index (χ0n) is 18.0. The van der Waals surface area contributed by atoms with E-state index in [4.69, 9.17) is 0 Å². The van der Waals surface area contributed by atoms with Crippen molar-refractivity contribution >= 4 is 43.8 Å². The van der Waals surface area contributed by atoms with Gasteiger partial charge in [0.05, 0.1) is 24.7 Å². The summed E-state index contributed by atoms with van der Waals surface area (Å²) in [7, 11) is -3.48. The quantitative estimate of drug-likeness (QED) is 0.364. The number of rotatable bonds is 7. The van der Waals surface area contributed by atoms with Gasteiger partial charge >= 0.3 is 0 Å². The summed E-state index contributed by atoms with van der Waals surface area (Å²) in [5.41, 5.74) is 7.26. The average molecular weight is 514 g/mol. The maximum Gasteiger partial charge on any atom is 0.271 e. The zero-order valence-corrected chi connectivity index (χ0v) is 20.4. The lowest BCUT2D eigenvalue weighted by atomic mass is 10.1. The number of hydrazone groups is 1. The van der Waals surface area contributed by atoms with Gasteiger partial charge in [-0.25, -0.2) is 13.8 Å². The Kier molecular flexibility index (Phi) is 7.48. The molecule has 0 saturated heterocycles. The number of carbonyl (C=O) groups excluding carboxylic acids is 1. The zero-order chi connectivity index (χ0) is 23.3. The third kappa shape index (κ3) is 6.05. The lowest BCUT2D eigenvalue weighted by Gasteiger charge is -2.23. The SMILES string of the molecule is Cc1ccc(N(Cc2ccc(C(=O)N/N=C\c3ccccc3Br)cc2)S(C)(=O)=O)cc1C. The monoisotopic (exact) mass is 513 g/mol. The van der Waals surface area contributed by atoms with Gasteiger partial charge in [-0.05, 0) is 60.9 Å². The number of carbonyl (C=O) groups is 1. The van der Waals surface area contributed by atoms with Gasteiger partial charge in [0, 0.05) is 15.6 Å². The van der Waals surface area contributed by atoms with Crippen LogP contribution in [0.2, 0.25) is 0 Å². The topological polar surface area (TPSA) is 78.8 Å². The molecule has 3 rings (SSSR count). The molecule has 3 aromatic carbocycles. The highest BCUT2D eigenvalue weighted by atomic mass is 79.9. The van der Waals surface area contributed by atoms with E-state index in [1.807, 2.05) is 50.2 Å². The fourth-order valence-electron chi connectivity index (χ4n) is 3.01. The molecule has 8 heteroatoms. The molecule has 6 nitrogen and oxygen atoms in total. The Morgan fingerprint density at radius 2 is 1.72 bits per heavy atom. The molecule has 3 aromatic rings. The van der Waals surface area contributed by atoms with Crippen molar-refractivity contribution in [1.29, 1.82) is 0 Å². The number of hydrogen-bond donors (Lipinski definition) is 1. The van der Waals surface area contributed by atoms with E-state index in [-0.39, 0.29) is 12.5 Å². The van der Waals surface area contributed by atoms with E-state index in [2.05, 4.69) is 26.5 Å². The van der Waals surface area contributed by atoms with E-state index in [0.717, 1.165) is 26.7 Å². The van der Waals surface area contributed by atoms with Crippen molar-refractivity contribution in [2.24, 2.45) is 5.10 Å². The van der Waals surface area contributed by atoms with E-state index >= 15 is 0 Å². The fraction of sp³-hybridized carbons (Fsp3) is 0.167. The first-order chi connectivity index (χ1) is 15.1. The summed E-state index contributed by atoms with van der Waals surface area (Å²) in [6.45, 7) is 4.10. The van der Waals surface area contributed by atoms with Gasteiger partial charge in [-0.15, -0.1) is 0 Å². The number of nitrogens with zero attached hydrogens (tertiary/aromatic N) is 2. The van der Waals surface area contributed by atoms with Crippen LogP contribution in [0.3, 0.4) is 0 Å². The van der Waals surface area contributed by atoms with Crippen LogP contribution in [0.4, 0.5) is 5.69 Å². The Balaban J connectivity index is 1.71. The van der Waals surface area contributed by atoms with E-state index in [1.165, 1.54) is 10.6 Å². The number of anilines is 1. The molecular weight excluding hydrogens is 490 g/mol. The van der Waals surface area contributed by atoms with Crippen LogP contribution in [0.15, 0.2) is 76.3 Å². The van der Waals surface area contributed by atoms with Crippen LogP contribution >= 0.6 is 15.9 Å². The molecule has 0 radical (unpaired) electrons. The third-order valence-corrected chi connectivity index (χ3v) is 6.86. The normalized spacial score (nSPS) is 11.5. The van der Waals surface area contributed by atoms with E-state index in [0.29, 0.717) is 11.3 Å². The second-order valence-corrected chi connectivity index (χ2v) is 10.2. The van der Waals surface area contributed by atoms with Crippen LogP contribution in [0.1, 0.15) is 32.6 Å². The van der Waals surface area contributed by atoms with Crippen LogP contribution < -0.4 is 9.73 Å². The molecule has 1 N–H and O–H groups in total. The van der Waals surface area contributed by atoms with E-state index in [1.54, 1.807) is 36.5 Å². The Bertz CT molecular complexity index is 1260.